The highest BCUT2D eigenvalue weighted by Crippen LogP contribution is 2.32. The summed E-state index contributed by atoms with van der Waals surface area (Å²) in [5.74, 6) is 1.28. The Hall–Kier alpha value is -3.19. The lowest BCUT2D eigenvalue weighted by atomic mass is 10.1. The van der Waals surface area contributed by atoms with Crippen LogP contribution in [0.15, 0.2) is 63.8 Å². The molecule has 4 aromatic rings. The molecule has 0 aliphatic rings. The lowest BCUT2D eigenvalue weighted by Crippen LogP contribution is -2.34. The van der Waals surface area contributed by atoms with E-state index in [1.165, 1.54) is 0 Å². The van der Waals surface area contributed by atoms with Gasteiger partial charge in [-0.3, -0.25) is 0 Å². The first-order valence-corrected chi connectivity index (χ1v) is 9.56. The highest BCUT2D eigenvalue weighted by molar-refractivity contribution is 7.80. The summed E-state index contributed by atoms with van der Waals surface area (Å²) in [4.78, 5) is 11.7. The number of nitrogens with zero attached hydrogens (tertiary/aromatic N) is 3. The fourth-order valence-corrected chi connectivity index (χ4v) is 3.39. The fourth-order valence-electron chi connectivity index (χ4n) is 3.02. The van der Waals surface area contributed by atoms with Crippen molar-refractivity contribution in [2.24, 2.45) is 0 Å². The summed E-state index contributed by atoms with van der Waals surface area (Å²) >= 11 is 5.50. The number of benzene rings is 1. The van der Waals surface area contributed by atoms with Crippen LogP contribution in [0.5, 0.6) is 0 Å². The molecule has 0 saturated carbocycles. The Kier molecular flexibility index (Phi) is 5.08. The van der Waals surface area contributed by atoms with Crippen LogP contribution in [0.3, 0.4) is 0 Å². The quantitative estimate of drug-likeness (QED) is 0.469. The lowest BCUT2D eigenvalue weighted by molar-refractivity contribution is 0.473. The van der Waals surface area contributed by atoms with Crippen LogP contribution in [-0.2, 0) is 0 Å². The minimum atomic E-state index is 0.635. The van der Waals surface area contributed by atoms with Crippen LogP contribution in [0, 0.1) is 0 Å². The summed E-state index contributed by atoms with van der Waals surface area (Å²) in [7, 11) is 0. The van der Waals surface area contributed by atoms with Gasteiger partial charge in [-0.2, -0.15) is 0 Å². The van der Waals surface area contributed by atoms with E-state index in [4.69, 9.17) is 31.0 Å². The monoisotopic (exact) mass is 392 g/mol. The minimum Gasteiger partial charge on any atom is -0.463 e. The van der Waals surface area contributed by atoms with Gasteiger partial charge >= 0.3 is 0 Å². The summed E-state index contributed by atoms with van der Waals surface area (Å²) in [6.45, 7) is 5.86. The molecular weight excluding hydrogens is 372 g/mol. The molecular formula is C21H20N4O2S. The van der Waals surface area contributed by atoms with Crippen LogP contribution in [0.2, 0.25) is 0 Å². The standard InChI is InChI=1S/C21H20N4O2S/c1-3-25(4-2)21(28)22-14-9-10-15-16(13-14)24-20(18-8-6-12-27-18)19(23-15)17-7-5-11-26-17/h5-13H,3-4H2,1-2H3,(H,22,28). The number of rotatable bonds is 5. The number of anilines is 1. The number of thiocarbonyl (C=S) groups is 1. The van der Waals surface area contributed by atoms with Gasteiger partial charge in [-0.25, -0.2) is 9.97 Å². The number of nitrogens with one attached hydrogen (secondary N) is 1. The van der Waals surface area contributed by atoms with Gasteiger partial charge in [0.1, 0.15) is 11.4 Å². The van der Waals surface area contributed by atoms with Crippen LogP contribution in [0.1, 0.15) is 13.8 Å². The maximum Gasteiger partial charge on any atom is 0.173 e. The van der Waals surface area contributed by atoms with Crippen molar-refractivity contribution >= 4 is 34.1 Å². The topological polar surface area (TPSA) is 67.3 Å². The van der Waals surface area contributed by atoms with Gasteiger partial charge in [0.25, 0.3) is 0 Å². The first-order chi connectivity index (χ1) is 13.7. The predicted molar refractivity (Wildman–Crippen MR) is 114 cm³/mol. The zero-order chi connectivity index (χ0) is 19.5. The Labute approximate surface area is 168 Å². The van der Waals surface area contributed by atoms with Crippen LogP contribution >= 0.6 is 12.2 Å². The van der Waals surface area contributed by atoms with Gasteiger partial charge < -0.3 is 19.1 Å². The van der Waals surface area contributed by atoms with Gasteiger partial charge in [-0.05, 0) is 68.5 Å². The Bertz CT molecular complexity index is 1090. The van der Waals surface area contributed by atoms with E-state index in [0.717, 1.165) is 29.8 Å². The van der Waals surface area contributed by atoms with Crippen molar-refractivity contribution in [1.29, 1.82) is 0 Å². The summed E-state index contributed by atoms with van der Waals surface area (Å²) in [5.41, 5.74) is 3.66. The molecule has 0 radical (unpaired) electrons. The molecule has 4 rings (SSSR count). The van der Waals surface area contributed by atoms with Crippen molar-refractivity contribution in [3.63, 3.8) is 0 Å². The van der Waals surface area contributed by atoms with Gasteiger partial charge in [0.05, 0.1) is 23.6 Å². The Morgan fingerprint density at radius 3 is 2.07 bits per heavy atom. The molecule has 28 heavy (non-hydrogen) atoms. The van der Waals surface area contributed by atoms with E-state index < -0.39 is 0 Å². The van der Waals surface area contributed by atoms with Crippen molar-refractivity contribution in [1.82, 2.24) is 14.9 Å². The fraction of sp³-hybridized carbons (Fsp3) is 0.190. The Morgan fingerprint density at radius 1 is 0.929 bits per heavy atom. The van der Waals surface area contributed by atoms with Gasteiger partial charge in [-0.15, -0.1) is 0 Å². The van der Waals surface area contributed by atoms with Crippen LogP contribution < -0.4 is 5.32 Å². The highest BCUT2D eigenvalue weighted by atomic mass is 32.1. The lowest BCUT2D eigenvalue weighted by Gasteiger charge is -2.22. The molecule has 0 aliphatic heterocycles. The summed E-state index contributed by atoms with van der Waals surface area (Å²) < 4.78 is 11.1. The molecule has 142 valence electrons. The van der Waals surface area contributed by atoms with Crippen LogP contribution in [0.25, 0.3) is 33.9 Å². The van der Waals surface area contributed by atoms with Crippen molar-refractivity contribution in [3.05, 3.63) is 55.0 Å². The molecule has 0 spiro atoms. The molecule has 0 atom stereocenters. The SMILES string of the molecule is CCN(CC)C(=S)Nc1ccc2nc(-c3ccco3)c(-c3ccco3)nc2c1. The number of aromatic nitrogens is 2. The van der Waals surface area contributed by atoms with E-state index in [1.807, 2.05) is 42.5 Å². The predicted octanol–water partition coefficient (Wildman–Crippen LogP) is 5.19. The maximum absolute atomic E-state index is 5.58. The van der Waals surface area contributed by atoms with E-state index in [1.54, 1.807) is 12.5 Å². The zero-order valence-corrected chi connectivity index (χ0v) is 16.5. The summed E-state index contributed by atoms with van der Waals surface area (Å²) in [5, 5.41) is 3.97. The molecule has 0 aliphatic carbocycles. The average molecular weight is 392 g/mol. The first-order valence-electron chi connectivity index (χ1n) is 9.15. The number of hydrogen-bond acceptors (Lipinski definition) is 5. The molecule has 3 aromatic heterocycles. The molecule has 3 heterocycles. The third-order valence-corrected chi connectivity index (χ3v) is 4.84. The zero-order valence-electron chi connectivity index (χ0n) is 15.7. The third-order valence-electron chi connectivity index (χ3n) is 4.48. The number of hydrogen-bond donors (Lipinski definition) is 1. The second-order valence-corrected chi connectivity index (χ2v) is 6.57. The minimum absolute atomic E-state index is 0.635. The van der Waals surface area contributed by atoms with Gasteiger partial charge in [0.15, 0.2) is 16.6 Å². The average Bonchev–Trinajstić information content (AvgIpc) is 3.42. The van der Waals surface area contributed by atoms with Crippen molar-refractivity contribution < 1.29 is 8.83 Å². The molecule has 1 aromatic carbocycles. The molecule has 0 bridgehead atoms. The Balaban J connectivity index is 1.77. The third kappa shape index (κ3) is 3.48. The smallest absolute Gasteiger partial charge is 0.173 e. The second kappa shape index (κ2) is 7.82. The van der Waals surface area contributed by atoms with E-state index in [0.29, 0.717) is 28.0 Å². The van der Waals surface area contributed by atoms with Gasteiger partial charge in [-0.1, -0.05) is 0 Å². The molecule has 1 N–H and O–H groups in total. The molecule has 0 fully saturated rings. The van der Waals surface area contributed by atoms with Gasteiger partial charge in [0, 0.05) is 18.8 Å². The van der Waals surface area contributed by atoms with Crippen molar-refractivity contribution in [2.45, 2.75) is 13.8 Å². The molecule has 7 heteroatoms. The highest BCUT2D eigenvalue weighted by Gasteiger charge is 2.17. The molecule has 6 nitrogen and oxygen atoms in total. The first kappa shape index (κ1) is 18.2. The number of furan rings is 2. The molecule has 0 unspecified atom stereocenters. The van der Waals surface area contributed by atoms with Crippen LogP contribution in [0.4, 0.5) is 5.69 Å². The van der Waals surface area contributed by atoms with Crippen LogP contribution in [-0.4, -0.2) is 33.1 Å². The summed E-state index contributed by atoms with van der Waals surface area (Å²) in [6.07, 6.45) is 3.24. The second-order valence-electron chi connectivity index (χ2n) is 6.18. The molecule has 0 saturated heterocycles. The molecule has 0 amide bonds. The normalized spacial score (nSPS) is 10.9. The largest absolute Gasteiger partial charge is 0.463 e. The van der Waals surface area contributed by atoms with E-state index in [-0.39, 0.29) is 0 Å². The number of fused-ring (bicyclic) bond motifs is 1. The van der Waals surface area contributed by atoms with E-state index in [9.17, 15) is 0 Å². The van der Waals surface area contributed by atoms with Gasteiger partial charge in [0.2, 0.25) is 0 Å². The van der Waals surface area contributed by atoms with E-state index in [2.05, 4.69) is 24.1 Å². The van der Waals surface area contributed by atoms with Crippen molar-refractivity contribution in [3.8, 4) is 22.9 Å². The van der Waals surface area contributed by atoms with Crippen molar-refractivity contribution in [2.75, 3.05) is 18.4 Å². The Morgan fingerprint density at radius 2 is 1.54 bits per heavy atom. The summed E-state index contributed by atoms with van der Waals surface area (Å²) in [6, 6.07) is 13.2. The maximum atomic E-state index is 5.58. The van der Waals surface area contributed by atoms with E-state index >= 15 is 0 Å².